The summed E-state index contributed by atoms with van der Waals surface area (Å²) in [4.78, 5) is 24.1. The molecule has 0 saturated heterocycles. The highest BCUT2D eigenvalue weighted by Gasteiger charge is 2.26. The van der Waals surface area contributed by atoms with E-state index in [9.17, 15) is 14.9 Å². The van der Waals surface area contributed by atoms with Crippen LogP contribution in [0.2, 0.25) is 0 Å². The van der Waals surface area contributed by atoms with Crippen molar-refractivity contribution in [2.24, 2.45) is 0 Å². The normalized spacial score (nSPS) is 12.1. The predicted molar refractivity (Wildman–Crippen MR) is 99.6 cm³/mol. The Morgan fingerprint density at radius 2 is 1.76 bits per heavy atom. The van der Waals surface area contributed by atoms with Crippen LogP contribution in [0.25, 0.3) is 16.6 Å². The number of nitro groups is 1. The van der Waals surface area contributed by atoms with E-state index in [1.807, 2.05) is 32.0 Å². The topological polar surface area (TPSA) is 77.2 Å². The first-order valence-corrected chi connectivity index (χ1v) is 8.18. The van der Waals surface area contributed by atoms with E-state index in [4.69, 9.17) is 0 Å². The van der Waals surface area contributed by atoms with Crippen LogP contribution in [-0.2, 0) is 0 Å². The number of anilines is 1. The summed E-state index contributed by atoms with van der Waals surface area (Å²) in [6, 6.07) is 16.2. The molecule has 128 valence electrons. The zero-order chi connectivity index (χ0) is 18.0. The fraction of sp³-hybridized carbons (Fsp3) is 0.211. The molecule has 1 atom stereocenters. The molecule has 1 aromatic heterocycles. The van der Waals surface area contributed by atoms with E-state index in [0.29, 0.717) is 16.6 Å². The zero-order valence-corrected chi connectivity index (χ0v) is 14.1. The molecule has 1 unspecified atom stereocenters. The lowest BCUT2D eigenvalue weighted by Gasteiger charge is -2.18. The maximum absolute atomic E-state index is 13.0. The third-order valence-corrected chi connectivity index (χ3v) is 4.26. The van der Waals surface area contributed by atoms with Gasteiger partial charge in [-0.3, -0.25) is 19.5 Å². The number of nitrogens with zero attached hydrogens (tertiary/aromatic N) is 2. The Kier molecular flexibility index (Phi) is 4.52. The lowest BCUT2D eigenvalue weighted by Crippen LogP contribution is -2.25. The van der Waals surface area contributed by atoms with Crippen molar-refractivity contribution in [3.05, 3.63) is 75.1 Å². The van der Waals surface area contributed by atoms with Crippen molar-refractivity contribution in [2.45, 2.75) is 26.3 Å². The minimum Gasteiger partial charge on any atom is -0.376 e. The van der Waals surface area contributed by atoms with Crippen LogP contribution in [0.5, 0.6) is 0 Å². The van der Waals surface area contributed by atoms with Crippen molar-refractivity contribution in [1.82, 2.24) is 4.57 Å². The van der Waals surface area contributed by atoms with Gasteiger partial charge in [0.1, 0.15) is 5.69 Å². The Hall–Kier alpha value is -3.15. The van der Waals surface area contributed by atoms with Gasteiger partial charge in [0.15, 0.2) is 0 Å². The molecule has 0 bridgehead atoms. The van der Waals surface area contributed by atoms with Crippen LogP contribution in [0.4, 0.5) is 11.4 Å². The molecule has 3 aromatic rings. The third-order valence-electron chi connectivity index (χ3n) is 4.26. The number of hydrogen-bond acceptors (Lipinski definition) is 4. The lowest BCUT2D eigenvalue weighted by atomic mass is 10.1. The van der Waals surface area contributed by atoms with Gasteiger partial charge in [0, 0.05) is 17.1 Å². The number of aromatic nitrogens is 1. The maximum atomic E-state index is 13.0. The minimum atomic E-state index is -0.638. The molecule has 0 aliphatic rings. The van der Waals surface area contributed by atoms with E-state index >= 15 is 0 Å². The van der Waals surface area contributed by atoms with Gasteiger partial charge in [-0.1, -0.05) is 43.3 Å². The van der Waals surface area contributed by atoms with Crippen LogP contribution in [0.3, 0.4) is 0 Å². The first-order chi connectivity index (χ1) is 12.0. The van der Waals surface area contributed by atoms with Crippen LogP contribution in [0, 0.1) is 10.1 Å². The van der Waals surface area contributed by atoms with Crippen molar-refractivity contribution in [2.75, 3.05) is 5.32 Å². The fourth-order valence-corrected chi connectivity index (χ4v) is 2.83. The van der Waals surface area contributed by atoms with Crippen LogP contribution >= 0.6 is 0 Å². The smallest absolute Gasteiger partial charge is 0.357 e. The molecule has 6 heteroatoms. The van der Waals surface area contributed by atoms with E-state index in [1.54, 1.807) is 36.4 Å². The second kappa shape index (κ2) is 6.76. The van der Waals surface area contributed by atoms with Gasteiger partial charge < -0.3 is 5.32 Å². The molecular weight excluding hydrogens is 318 g/mol. The molecule has 0 aliphatic carbocycles. The van der Waals surface area contributed by atoms with Gasteiger partial charge in [-0.05, 0) is 31.5 Å². The summed E-state index contributed by atoms with van der Waals surface area (Å²) >= 11 is 0. The van der Waals surface area contributed by atoms with Gasteiger partial charge in [-0.2, -0.15) is 0 Å². The molecule has 1 heterocycles. The number of rotatable bonds is 5. The van der Waals surface area contributed by atoms with Crippen molar-refractivity contribution >= 4 is 22.3 Å². The second-order valence-corrected chi connectivity index (χ2v) is 5.93. The molecule has 1 N–H and O–H groups in total. The summed E-state index contributed by atoms with van der Waals surface area (Å²) in [5, 5.41) is 15.5. The largest absolute Gasteiger partial charge is 0.376 e. The van der Waals surface area contributed by atoms with E-state index < -0.39 is 16.2 Å². The number of fused-ring (bicyclic) bond motifs is 1. The highest BCUT2D eigenvalue weighted by molar-refractivity contribution is 5.97. The molecule has 0 radical (unpaired) electrons. The quantitative estimate of drug-likeness (QED) is 0.561. The Morgan fingerprint density at radius 1 is 1.12 bits per heavy atom. The van der Waals surface area contributed by atoms with Crippen molar-refractivity contribution in [3.8, 4) is 5.69 Å². The van der Waals surface area contributed by atoms with Gasteiger partial charge in [0.2, 0.25) is 0 Å². The first-order valence-electron chi connectivity index (χ1n) is 8.18. The van der Waals surface area contributed by atoms with E-state index in [0.717, 1.165) is 6.42 Å². The SMILES string of the molecule is CCC(C)Nc1c([N+](=O)[O-])c(=O)n(-c2ccccc2)c2ccccc12. The number of pyridine rings is 1. The lowest BCUT2D eigenvalue weighted by molar-refractivity contribution is -0.385. The number of para-hydroxylation sites is 2. The van der Waals surface area contributed by atoms with Crippen LogP contribution < -0.4 is 10.9 Å². The molecule has 0 saturated carbocycles. The van der Waals surface area contributed by atoms with Crippen molar-refractivity contribution in [3.63, 3.8) is 0 Å². The average Bonchev–Trinajstić information content (AvgIpc) is 2.62. The maximum Gasteiger partial charge on any atom is 0.357 e. The van der Waals surface area contributed by atoms with Gasteiger partial charge in [0.05, 0.1) is 10.4 Å². The van der Waals surface area contributed by atoms with Crippen molar-refractivity contribution < 1.29 is 4.92 Å². The minimum absolute atomic E-state index is 0.00841. The van der Waals surface area contributed by atoms with E-state index in [2.05, 4.69) is 5.32 Å². The molecule has 0 spiro atoms. The van der Waals surface area contributed by atoms with Gasteiger partial charge in [-0.15, -0.1) is 0 Å². The highest BCUT2D eigenvalue weighted by Crippen LogP contribution is 2.32. The summed E-state index contributed by atoms with van der Waals surface area (Å²) in [5.74, 6) is 0. The molecule has 3 rings (SSSR count). The third kappa shape index (κ3) is 2.98. The van der Waals surface area contributed by atoms with Crippen LogP contribution in [-0.4, -0.2) is 15.5 Å². The zero-order valence-electron chi connectivity index (χ0n) is 14.1. The number of nitrogens with one attached hydrogen (secondary N) is 1. The number of hydrogen-bond donors (Lipinski definition) is 1. The molecule has 25 heavy (non-hydrogen) atoms. The monoisotopic (exact) mass is 337 g/mol. The number of benzene rings is 2. The van der Waals surface area contributed by atoms with Gasteiger partial charge >= 0.3 is 11.2 Å². The second-order valence-electron chi connectivity index (χ2n) is 5.93. The molecule has 0 aliphatic heterocycles. The van der Waals surface area contributed by atoms with Crippen molar-refractivity contribution in [1.29, 1.82) is 0 Å². The van der Waals surface area contributed by atoms with Crippen LogP contribution in [0.15, 0.2) is 59.4 Å². The van der Waals surface area contributed by atoms with Gasteiger partial charge in [0.25, 0.3) is 0 Å². The van der Waals surface area contributed by atoms with E-state index in [-0.39, 0.29) is 11.7 Å². The Labute approximate surface area is 144 Å². The summed E-state index contributed by atoms with van der Waals surface area (Å²) in [5.41, 5.74) is 0.452. The summed E-state index contributed by atoms with van der Waals surface area (Å²) in [6.45, 7) is 3.91. The predicted octanol–water partition coefficient (Wildman–Crippen LogP) is 4.11. The standard InChI is InChI=1S/C19H19N3O3/c1-3-13(2)20-17-15-11-7-8-12-16(15)21(14-9-5-4-6-10-14)19(23)18(17)22(24)25/h4-13,20H,3H2,1-2H3. The molecule has 2 aromatic carbocycles. The fourth-order valence-electron chi connectivity index (χ4n) is 2.83. The first kappa shape index (κ1) is 16.7. The summed E-state index contributed by atoms with van der Waals surface area (Å²) < 4.78 is 1.40. The Morgan fingerprint density at radius 3 is 2.40 bits per heavy atom. The summed E-state index contributed by atoms with van der Waals surface area (Å²) in [6.07, 6.45) is 0.785. The Balaban J connectivity index is 2.44. The van der Waals surface area contributed by atoms with Gasteiger partial charge in [-0.25, -0.2) is 0 Å². The average molecular weight is 337 g/mol. The van der Waals surface area contributed by atoms with Crippen LogP contribution in [0.1, 0.15) is 20.3 Å². The Bertz CT molecular complexity index is 980. The summed E-state index contributed by atoms with van der Waals surface area (Å²) in [7, 11) is 0. The van der Waals surface area contributed by atoms with E-state index in [1.165, 1.54) is 4.57 Å². The molecular formula is C19H19N3O3. The highest BCUT2D eigenvalue weighted by atomic mass is 16.6. The molecule has 0 amide bonds. The molecule has 0 fully saturated rings. The molecule has 6 nitrogen and oxygen atoms in total.